The summed E-state index contributed by atoms with van der Waals surface area (Å²) in [4.78, 5) is 12.1. The number of benzene rings is 1. The monoisotopic (exact) mass is 342 g/mol. The van der Waals surface area contributed by atoms with Gasteiger partial charge in [-0.1, -0.05) is 15.9 Å². The Morgan fingerprint density at radius 3 is 2.80 bits per heavy atom. The van der Waals surface area contributed by atoms with Crippen LogP contribution in [0.4, 0.5) is 10.5 Å². The molecule has 1 aliphatic rings. The summed E-state index contributed by atoms with van der Waals surface area (Å²) in [5.74, 6) is 0.933. The Balaban J connectivity index is 2.06. The maximum Gasteiger partial charge on any atom is 0.319 e. The highest BCUT2D eigenvalue weighted by atomic mass is 79.9. The van der Waals surface area contributed by atoms with Gasteiger partial charge in [-0.25, -0.2) is 4.79 Å². The average molecular weight is 343 g/mol. The number of rotatable bonds is 5. The summed E-state index contributed by atoms with van der Waals surface area (Å²) in [6.07, 6.45) is 2.08. The van der Waals surface area contributed by atoms with Crippen LogP contribution in [0.5, 0.6) is 5.75 Å². The Labute approximate surface area is 126 Å². The molecule has 1 aromatic carbocycles. The van der Waals surface area contributed by atoms with Crippen molar-refractivity contribution in [1.29, 1.82) is 0 Å². The van der Waals surface area contributed by atoms with E-state index in [4.69, 9.17) is 4.74 Å². The predicted molar refractivity (Wildman–Crippen MR) is 81.1 cm³/mol. The maximum atomic E-state index is 12.1. The molecule has 2 amide bonds. The van der Waals surface area contributed by atoms with Crippen molar-refractivity contribution in [1.82, 2.24) is 5.32 Å². The van der Waals surface area contributed by atoms with Gasteiger partial charge in [0.15, 0.2) is 0 Å². The van der Waals surface area contributed by atoms with Crippen molar-refractivity contribution in [2.75, 3.05) is 19.0 Å². The second kappa shape index (κ2) is 6.01. The van der Waals surface area contributed by atoms with Crippen LogP contribution >= 0.6 is 15.9 Å². The summed E-state index contributed by atoms with van der Waals surface area (Å²) >= 11 is 3.36. The minimum Gasteiger partial charge on any atom is -0.495 e. The minimum atomic E-state index is -0.566. The molecule has 1 unspecified atom stereocenters. The van der Waals surface area contributed by atoms with Gasteiger partial charge in [0.2, 0.25) is 0 Å². The summed E-state index contributed by atoms with van der Waals surface area (Å²) < 4.78 is 6.05. The molecule has 0 bridgehead atoms. The van der Waals surface area contributed by atoms with E-state index in [1.54, 1.807) is 19.2 Å². The number of aliphatic hydroxyl groups excluding tert-OH is 1. The first-order valence-corrected chi connectivity index (χ1v) is 7.31. The molecule has 1 atom stereocenters. The fraction of sp³-hybridized carbons (Fsp3) is 0.500. The van der Waals surface area contributed by atoms with E-state index in [1.165, 1.54) is 0 Å². The molecule has 110 valence electrons. The molecule has 0 spiro atoms. The zero-order valence-corrected chi connectivity index (χ0v) is 13.2. The van der Waals surface area contributed by atoms with Gasteiger partial charge in [0.25, 0.3) is 0 Å². The van der Waals surface area contributed by atoms with Crippen molar-refractivity contribution in [3.8, 4) is 5.75 Å². The molecule has 20 heavy (non-hydrogen) atoms. The molecule has 0 heterocycles. The van der Waals surface area contributed by atoms with Gasteiger partial charge in [0.1, 0.15) is 5.75 Å². The van der Waals surface area contributed by atoms with Crippen LogP contribution in [0.3, 0.4) is 0 Å². The summed E-state index contributed by atoms with van der Waals surface area (Å²) in [5.41, 5.74) is 0.0130. The Hall–Kier alpha value is -1.27. The highest BCUT2D eigenvalue weighted by Crippen LogP contribution is 2.39. The molecule has 0 saturated heterocycles. The minimum absolute atomic E-state index is 0.0687. The van der Waals surface area contributed by atoms with Gasteiger partial charge in [0.05, 0.1) is 24.9 Å². The fourth-order valence-electron chi connectivity index (χ4n) is 2.18. The third-order valence-corrected chi connectivity index (χ3v) is 4.11. The third-order valence-electron chi connectivity index (χ3n) is 3.62. The molecule has 1 saturated carbocycles. The number of ether oxygens (including phenoxy) is 1. The van der Waals surface area contributed by atoms with Crippen molar-refractivity contribution >= 4 is 27.6 Å². The highest BCUT2D eigenvalue weighted by molar-refractivity contribution is 9.10. The van der Waals surface area contributed by atoms with Crippen LogP contribution in [0, 0.1) is 5.92 Å². The van der Waals surface area contributed by atoms with E-state index >= 15 is 0 Å². The summed E-state index contributed by atoms with van der Waals surface area (Å²) in [6.45, 7) is 1.79. The van der Waals surface area contributed by atoms with Crippen LogP contribution < -0.4 is 15.4 Å². The van der Waals surface area contributed by atoms with Crippen molar-refractivity contribution in [3.05, 3.63) is 22.7 Å². The molecule has 6 heteroatoms. The number of anilines is 1. The molecule has 0 aliphatic heterocycles. The SMILES string of the molecule is COc1ccc(Br)cc1NC(=O)NC(C)(CO)C1CC1. The summed E-state index contributed by atoms with van der Waals surface area (Å²) in [5, 5.41) is 15.1. The number of aliphatic hydroxyl groups is 1. The number of hydrogen-bond acceptors (Lipinski definition) is 3. The maximum absolute atomic E-state index is 12.1. The Morgan fingerprint density at radius 2 is 2.25 bits per heavy atom. The normalized spacial score (nSPS) is 17.2. The van der Waals surface area contributed by atoms with E-state index in [0.717, 1.165) is 17.3 Å². The van der Waals surface area contributed by atoms with E-state index in [1.807, 2.05) is 13.0 Å². The number of carbonyl (C=O) groups excluding carboxylic acids is 1. The Morgan fingerprint density at radius 1 is 1.55 bits per heavy atom. The number of nitrogens with one attached hydrogen (secondary N) is 2. The lowest BCUT2D eigenvalue weighted by molar-refractivity contribution is 0.159. The van der Waals surface area contributed by atoms with Gasteiger partial charge >= 0.3 is 6.03 Å². The molecule has 0 aromatic heterocycles. The summed E-state index contributed by atoms with van der Waals surface area (Å²) in [7, 11) is 1.55. The molecule has 1 aliphatic carbocycles. The van der Waals surface area contributed by atoms with Crippen LogP contribution in [-0.2, 0) is 0 Å². The Bertz CT molecular complexity index is 505. The lowest BCUT2D eigenvalue weighted by atomic mass is 9.97. The first-order valence-electron chi connectivity index (χ1n) is 6.52. The fourth-order valence-corrected chi connectivity index (χ4v) is 2.54. The van der Waals surface area contributed by atoms with E-state index in [9.17, 15) is 9.90 Å². The summed E-state index contributed by atoms with van der Waals surface area (Å²) in [6, 6.07) is 5.03. The quantitative estimate of drug-likeness (QED) is 0.770. The number of methoxy groups -OCH3 is 1. The predicted octanol–water partition coefficient (Wildman–Crippen LogP) is 2.74. The second-order valence-corrected chi connectivity index (χ2v) is 6.19. The molecule has 3 N–H and O–H groups in total. The zero-order valence-electron chi connectivity index (χ0n) is 11.6. The van der Waals surface area contributed by atoms with Crippen molar-refractivity contribution in [2.24, 2.45) is 5.92 Å². The van der Waals surface area contributed by atoms with E-state index in [-0.39, 0.29) is 12.6 Å². The average Bonchev–Trinajstić information content (AvgIpc) is 3.23. The second-order valence-electron chi connectivity index (χ2n) is 5.27. The number of carbonyl (C=O) groups is 1. The smallest absolute Gasteiger partial charge is 0.319 e. The van der Waals surface area contributed by atoms with Crippen LogP contribution in [0.25, 0.3) is 0 Å². The zero-order chi connectivity index (χ0) is 14.8. The van der Waals surface area contributed by atoms with Gasteiger partial charge in [0, 0.05) is 4.47 Å². The third kappa shape index (κ3) is 3.43. The molecule has 0 radical (unpaired) electrons. The van der Waals surface area contributed by atoms with Crippen LogP contribution in [0.15, 0.2) is 22.7 Å². The number of amides is 2. The van der Waals surface area contributed by atoms with Crippen LogP contribution in [-0.4, -0.2) is 30.4 Å². The lowest BCUT2D eigenvalue weighted by Crippen LogP contribution is -2.52. The van der Waals surface area contributed by atoms with Crippen molar-refractivity contribution in [3.63, 3.8) is 0 Å². The largest absolute Gasteiger partial charge is 0.495 e. The molecule has 1 fully saturated rings. The van der Waals surface area contributed by atoms with Gasteiger partial charge in [-0.05, 0) is 43.9 Å². The highest BCUT2D eigenvalue weighted by Gasteiger charge is 2.42. The molecular weight excluding hydrogens is 324 g/mol. The standard InChI is InChI=1S/C14H19BrN2O3/c1-14(8-18,9-3-4-9)17-13(19)16-11-7-10(15)5-6-12(11)20-2/h5-7,9,18H,3-4,8H2,1-2H3,(H2,16,17,19). The van der Waals surface area contributed by atoms with Crippen molar-refractivity contribution < 1.29 is 14.6 Å². The molecular formula is C14H19BrN2O3. The van der Waals surface area contributed by atoms with Gasteiger partial charge in [-0.2, -0.15) is 0 Å². The number of urea groups is 1. The van der Waals surface area contributed by atoms with Crippen LogP contribution in [0.1, 0.15) is 19.8 Å². The van der Waals surface area contributed by atoms with Gasteiger partial charge < -0.3 is 20.5 Å². The molecule has 5 nitrogen and oxygen atoms in total. The molecule has 2 rings (SSSR count). The first kappa shape index (κ1) is 15.1. The molecule has 1 aromatic rings. The topological polar surface area (TPSA) is 70.6 Å². The number of hydrogen-bond donors (Lipinski definition) is 3. The van der Waals surface area contributed by atoms with E-state index in [2.05, 4.69) is 26.6 Å². The van der Waals surface area contributed by atoms with E-state index < -0.39 is 5.54 Å². The van der Waals surface area contributed by atoms with Gasteiger partial charge in [-0.15, -0.1) is 0 Å². The van der Waals surface area contributed by atoms with E-state index in [0.29, 0.717) is 17.4 Å². The first-order chi connectivity index (χ1) is 9.48. The lowest BCUT2D eigenvalue weighted by Gasteiger charge is -2.28. The number of halogens is 1. The van der Waals surface area contributed by atoms with Crippen molar-refractivity contribution in [2.45, 2.75) is 25.3 Å². The Kier molecular flexibility index (Phi) is 4.55. The van der Waals surface area contributed by atoms with Gasteiger partial charge in [-0.3, -0.25) is 0 Å². The van der Waals surface area contributed by atoms with Crippen LogP contribution in [0.2, 0.25) is 0 Å².